The summed E-state index contributed by atoms with van der Waals surface area (Å²) >= 11 is 6.97. The van der Waals surface area contributed by atoms with Crippen LogP contribution in [-0.2, 0) is 11.0 Å². The number of hydrogen-bond donors (Lipinski definition) is 2. The van der Waals surface area contributed by atoms with Gasteiger partial charge in [0.2, 0.25) is 11.1 Å². The molecule has 2 N–H and O–H groups in total. The average molecular weight is 443 g/mol. The van der Waals surface area contributed by atoms with Crippen LogP contribution in [0.5, 0.6) is 5.75 Å². The van der Waals surface area contributed by atoms with Gasteiger partial charge in [-0.1, -0.05) is 35.5 Å². The lowest BCUT2D eigenvalue weighted by atomic mass is 10.1. The molecular weight excluding hydrogens is 429 g/mol. The van der Waals surface area contributed by atoms with Crippen molar-refractivity contribution in [1.29, 1.82) is 0 Å². The first-order valence-electron chi connectivity index (χ1n) is 8.13. The molecule has 0 aliphatic carbocycles. The summed E-state index contributed by atoms with van der Waals surface area (Å²) in [4.78, 5) is 16.3. The number of aromatic amines is 1. The number of carbonyl (C=O) groups is 1. The molecule has 0 radical (unpaired) electrons. The number of nitrogens with one attached hydrogen (secondary N) is 2. The summed E-state index contributed by atoms with van der Waals surface area (Å²) in [5, 5.41) is 9.73. The summed E-state index contributed by atoms with van der Waals surface area (Å²) in [6.07, 6.45) is -4.56. The van der Waals surface area contributed by atoms with E-state index < -0.39 is 17.6 Å². The number of thioether (sulfide) groups is 1. The number of hydrogen-bond acceptors (Lipinski definition) is 5. The summed E-state index contributed by atoms with van der Waals surface area (Å²) < 4.78 is 44.3. The molecule has 0 spiro atoms. The van der Waals surface area contributed by atoms with Crippen LogP contribution in [0.3, 0.4) is 0 Å². The second-order valence-electron chi connectivity index (χ2n) is 5.69. The van der Waals surface area contributed by atoms with Crippen molar-refractivity contribution < 1.29 is 22.7 Å². The van der Waals surface area contributed by atoms with E-state index >= 15 is 0 Å². The zero-order valence-corrected chi connectivity index (χ0v) is 16.5. The Morgan fingerprint density at radius 1 is 1.28 bits per heavy atom. The molecule has 11 heteroatoms. The number of para-hydroxylation sites is 1. The van der Waals surface area contributed by atoms with Crippen molar-refractivity contribution in [3.8, 4) is 17.1 Å². The summed E-state index contributed by atoms with van der Waals surface area (Å²) in [7, 11) is 1.50. The highest BCUT2D eigenvalue weighted by atomic mass is 35.5. The van der Waals surface area contributed by atoms with E-state index in [4.69, 9.17) is 16.3 Å². The van der Waals surface area contributed by atoms with E-state index in [1.807, 2.05) is 0 Å². The van der Waals surface area contributed by atoms with Crippen LogP contribution >= 0.6 is 23.4 Å². The highest BCUT2D eigenvalue weighted by Crippen LogP contribution is 2.35. The highest BCUT2D eigenvalue weighted by molar-refractivity contribution is 7.99. The molecule has 0 unspecified atom stereocenters. The third-order valence-electron chi connectivity index (χ3n) is 3.72. The first-order valence-corrected chi connectivity index (χ1v) is 9.49. The lowest BCUT2D eigenvalue weighted by molar-refractivity contribution is -0.137. The fourth-order valence-corrected chi connectivity index (χ4v) is 3.22. The summed E-state index contributed by atoms with van der Waals surface area (Å²) in [5.41, 5.74) is -0.626. The molecule has 29 heavy (non-hydrogen) atoms. The Morgan fingerprint density at radius 3 is 2.76 bits per heavy atom. The smallest absolute Gasteiger partial charge is 0.418 e. The second-order valence-corrected chi connectivity index (χ2v) is 7.07. The number of carbonyl (C=O) groups excluding carboxylic acids is 1. The first kappa shape index (κ1) is 21.0. The minimum absolute atomic E-state index is 0.170. The number of rotatable bonds is 6. The highest BCUT2D eigenvalue weighted by Gasteiger charge is 2.33. The lowest BCUT2D eigenvalue weighted by Gasteiger charge is -2.13. The number of aromatic nitrogens is 3. The Morgan fingerprint density at radius 2 is 2.03 bits per heavy atom. The van der Waals surface area contributed by atoms with E-state index in [0.29, 0.717) is 22.2 Å². The number of H-pyrrole nitrogens is 1. The van der Waals surface area contributed by atoms with Gasteiger partial charge >= 0.3 is 6.18 Å². The van der Waals surface area contributed by atoms with Gasteiger partial charge in [0, 0.05) is 5.02 Å². The molecule has 2 aromatic carbocycles. The van der Waals surface area contributed by atoms with Crippen LogP contribution in [0.2, 0.25) is 5.02 Å². The Balaban J connectivity index is 1.67. The molecule has 1 aromatic heterocycles. The number of anilines is 1. The topological polar surface area (TPSA) is 79.9 Å². The van der Waals surface area contributed by atoms with Crippen molar-refractivity contribution in [3.05, 3.63) is 53.1 Å². The predicted molar refractivity (Wildman–Crippen MR) is 104 cm³/mol. The standard InChI is InChI=1S/C18H14ClF3N4O2S/c1-28-14-7-6-10(19)8-11(14)16-24-17(26-25-16)29-9-15(27)23-13-5-3-2-4-12(13)18(20,21)22/h2-8H,9H2,1H3,(H,23,27)(H,24,25,26). The van der Waals surface area contributed by atoms with E-state index in [9.17, 15) is 18.0 Å². The van der Waals surface area contributed by atoms with E-state index in [1.165, 1.54) is 25.3 Å². The van der Waals surface area contributed by atoms with Gasteiger partial charge in [-0.05, 0) is 30.3 Å². The van der Waals surface area contributed by atoms with Gasteiger partial charge in [-0.3, -0.25) is 9.89 Å². The van der Waals surface area contributed by atoms with Crippen LogP contribution in [0.4, 0.5) is 18.9 Å². The fourth-order valence-electron chi connectivity index (χ4n) is 2.45. The molecular formula is C18H14ClF3N4O2S. The van der Waals surface area contributed by atoms with Gasteiger partial charge in [0.1, 0.15) is 5.75 Å². The number of amides is 1. The number of alkyl halides is 3. The Bertz CT molecular complexity index is 1030. The van der Waals surface area contributed by atoms with Gasteiger partial charge in [-0.25, -0.2) is 4.98 Å². The molecule has 152 valence electrons. The van der Waals surface area contributed by atoms with E-state index in [-0.39, 0.29) is 16.6 Å². The fraction of sp³-hybridized carbons (Fsp3) is 0.167. The van der Waals surface area contributed by atoms with Crippen LogP contribution in [0.1, 0.15) is 5.56 Å². The van der Waals surface area contributed by atoms with Crippen molar-refractivity contribution in [2.75, 3.05) is 18.2 Å². The zero-order chi connectivity index (χ0) is 21.0. The maximum Gasteiger partial charge on any atom is 0.418 e. The lowest BCUT2D eigenvalue weighted by Crippen LogP contribution is -2.18. The van der Waals surface area contributed by atoms with E-state index in [1.54, 1.807) is 18.2 Å². The van der Waals surface area contributed by atoms with Crippen LogP contribution < -0.4 is 10.1 Å². The van der Waals surface area contributed by atoms with Crippen molar-refractivity contribution in [1.82, 2.24) is 15.2 Å². The van der Waals surface area contributed by atoms with Crippen molar-refractivity contribution in [2.45, 2.75) is 11.3 Å². The molecule has 3 rings (SSSR count). The Hall–Kier alpha value is -2.72. The summed E-state index contributed by atoms with van der Waals surface area (Å²) in [6.45, 7) is 0. The van der Waals surface area contributed by atoms with Gasteiger partial charge < -0.3 is 10.1 Å². The number of methoxy groups -OCH3 is 1. The molecule has 0 atom stereocenters. The van der Waals surface area contributed by atoms with Crippen LogP contribution in [0, 0.1) is 0 Å². The van der Waals surface area contributed by atoms with E-state index in [2.05, 4.69) is 20.5 Å². The molecule has 0 aliphatic heterocycles. The first-order chi connectivity index (χ1) is 13.8. The molecule has 1 heterocycles. The normalized spacial score (nSPS) is 11.3. The molecule has 0 saturated heterocycles. The molecule has 6 nitrogen and oxygen atoms in total. The number of ether oxygens (including phenoxy) is 1. The maximum atomic E-state index is 13.0. The van der Waals surface area contributed by atoms with Gasteiger partial charge in [0.05, 0.1) is 29.7 Å². The second kappa shape index (κ2) is 8.75. The quantitative estimate of drug-likeness (QED) is 0.532. The van der Waals surface area contributed by atoms with Crippen LogP contribution in [0.15, 0.2) is 47.6 Å². The van der Waals surface area contributed by atoms with Crippen molar-refractivity contribution in [2.24, 2.45) is 0 Å². The predicted octanol–water partition coefficient (Wildman–Crippen LogP) is 4.88. The average Bonchev–Trinajstić information content (AvgIpc) is 3.15. The number of benzene rings is 2. The van der Waals surface area contributed by atoms with Crippen molar-refractivity contribution >= 4 is 35.0 Å². The summed E-state index contributed by atoms with van der Waals surface area (Å²) in [6, 6.07) is 9.77. The third-order valence-corrected chi connectivity index (χ3v) is 4.80. The largest absolute Gasteiger partial charge is 0.496 e. The Labute approximate surface area is 172 Å². The SMILES string of the molecule is COc1ccc(Cl)cc1-c1nc(SCC(=O)Nc2ccccc2C(F)(F)F)n[nH]1. The van der Waals surface area contributed by atoms with Crippen LogP contribution in [-0.4, -0.2) is 34.0 Å². The van der Waals surface area contributed by atoms with Gasteiger partial charge in [0.15, 0.2) is 5.82 Å². The van der Waals surface area contributed by atoms with Crippen LogP contribution in [0.25, 0.3) is 11.4 Å². The number of halogens is 4. The molecule has 0 bridgehead atoms. The Kier molecular flexibility index (Phi) is 6.33. The monoisotopic (exact) mass is 442 g/mol. The van der Waals surface area contributed by atoms with Gasteiger partial charge in [-0.15, -0.1) is 5.10 Å². The molecule has 0 saturated carbocycles. The molecule has 0 fully saturated rings. The number of nitrogens with zero attached hydrogens (tertiary/aromatic N) is 2. The van der Waals surface area contributed by atoms with E-state index in [0.717, 1.165) is 17.8 Å². The maximum absolute atomic E-state index is 13.0. The van der Waals surface area contributed by atoms with Gasteiger partial charge in [0.25, 0.3) is 0 Å². The molecule has 0 aliphatic rings. The third kappa shape index (κ3) is 5.21. The zero-order valence-electron chi connectivity index (χ0n) is 14.9. The van der Waals surface area contributed by atoms with Crippen molar-refractivity contribution in [3.63, 3.8) is 0 Å². The minimum atomic E-state index is -4.56. The minimum Gasteiger partial charge on any atom is -0.496 e. The van der Waals surface area contributed by atoms with Gasteiger partial charge in [-0.2, -0.15) is 13.2 Å². The summed E-state index contributed by atoms with van der Waals surface area (Å²) in [5.74, 6) is 0.132. The molecule has 3 aromatic rings. The molecule has 1 amide bonds.